The molecule has 0 atom stereocenters. The Bertz CT molecular complexity index is 3680. The summed E-state index contributed by atoms with van der Waals surface area (Å²) in [7, 11) is 0. The molecule has 0 aliphatic heterocycles. The molecule has 8 aromatic carbocycles. The second-order valence-electron chi connectivity index (χ2n) is 16.4. The molecule has 0 saturated carbocycles. The maximum Gasteiger partial charge on any atom is 0.137 e. The van der Waals surface area contributed by atoms with Crippen molar-refractivity contribution in [2.75, 3.05) is 5.32 Å². The van der Waals surface area contributed by atoms with Crippen LogP contribution in [0.1, 0.15) is 5.56 Å². The van der Waals surface area contributed by atoms with Crippen LogP contribution >= 0.6 is 0 Å². The number of nitrogens with zero attached hydrogens (tertiary/aromatic N) is 4. The monoisotopic (exact) mass is 819 g/mol. The number of benzene rings is 8. The number of hydrogen-bond donors (Lipinski definition) is 1. The van der Waals surface area contributed by atoms with Crippen molar-refractivity contribution >= 4 is 55.0 Å². The lowest BCUT2D eigenvalue weighted by molar-refractivity contribution is 1.08. The van der Waals surface area contributed by atoms with Crippen molar-refractivity contribution in [3.63, 3.8) is 0 Å². The van der Waals surface area contributed by atoms with E-state index in [2.05, 4.69) is 234 Å². The van der Waals surface area contributed by atoms with Crippen LogP contribution in [-0.4, -0.2) is 19.1 Å². The van der Waals surface area contributed by atoms with Gasteiger partial charge >= 0.3 is 0 Å². The zero-order chi connectivity index (χ0) is 42.6. The SMILES string of the molecule is Cc1ccccc1Nc1ccc(-c2ccc(-c3ccc4c(c3)c3ccccc3n4-c3ccccc3)cn2)cc1-c1ccc(-n2c3ccccc3c3cc(-c4ccccc4)ccc32)nc1. The number of para-hydroxylation sites is 4. The molecule has 302 valence electrons. The number of rotatable bonds is 8. The highest BCUT2D eigenvalue weighted by Gasteiger charge is 2.17. The van der Waals surface area contributed by atoms with E-state index in [1.807, 2.05) is 12.4 Å². The van der Waals surface area contributed by atoms with Gasteiger partial charge in [0.15, 0.2) is 0 Å². The number of nitrogens with one attached hydrogen (secondary N) is 1. The van der Waals surface area contributed by atoms with E-state index in [4.69, 9.17) is 9.97 Å². The number of aryl methyl sites for hydroxylation is 1. The van der Waals surface area contributed by atoms with Gasteiger partial charge in [0.05, 0.1) is 27.8 Å². The molecule has 5 nitrogen and oxygen atoms in total. The average Bonchev–Trinajstić information content (AvgIpc) is 3.88. The first kappa shape index (κ1) is 37.2. The Balaban J connectivity index is 0.913. The van der Waals surface area contributed by atoms with Crippen LogP contribution in [0.25, 0.3) is 99.8 Å². The van der Waals surface area contributed by atoms with Gasteiger partial charge in [0.25, 0.3) is 0 Å². The van der Waals surface area contributed by atoms with Crippen molar-refractivity contribution in [2.24, 2.45) is 0 Å². The highest BCUT2D eigenvalue weighted by atomic mass is 15.1. The highest BCUT2D eigenvalue weighted by Crippen LogP contribution is 2.39. The molecule has 0 spiro atoms. The van der Waals surface area contributed by atoms with Crippen LogP contribution in [0.3, 0.4) is 0 Å². The molecule has 0 saturated heterocycles. The normalized spacial score (nSPS) is 11.5. The minimum atomic E-state index is 0.868. The summed E-state index contributed by atoms with van der Waals surface area (Å²) in [5, 5.41) is 8.60. The summed E-state index contributed by atoms with van der Waals surface area (Å²) in [6, 6.07) is 75.5. The van der Waals surface area contributed by atoms with Crippen LogP contribution in [0.4, 0.5) is 11.4 Å². The number of aromatic nitrogens is 4. The molecule has 5 heteroatoms. The first-order chi connectivity index (χ1) is 31.6. The van der Waals surface area contributed by atoms with E-state index >= 15 is 0 Å². The summed E-state index contributed by atoms with van der Waals surface area (Å²) in [6.07, 6.45) is 3.99. The van der Waals surface area contributed by atoms with E-state index in [1.165, 1.54) is 49.3 Å². The van der Waals surface area contributed by atoms with E-state index in [9.17, 15) is 0 Å². The summed E-state index contributed by atoms with van der Waals surface area (Å²) < 4.78 is 4.62. The number of pyridine rings is 2. The van der Waals surface area contributed by atoms with Crippen LogP contribution < -0.4 is 5.32 Å². The van der Waals surface area contributed by atoms with Crippen molar-refractivity contribution in [3.8, 4) is 56.1 Å². The molecule has 4 heterocycles. The van der Waals surface area contributed by atoms with Gasteiger partial charge in [0.1, 0.15) is 5.82 Å². The van der Waals surface area contributed by atoms with Crippen LogP contribution in [-0.2, 0) is 0 Å². The maximum atomic E-state index is 5.17. The first-order valence-electron chi connectivity index (χ1n) is 21.7. The third-order valence-electron chi connectivity index (χ3n) is 12.6. The van der Waals surface area contributed by atoms with Gasteiger partial charge in [-0.05, 0) is 114 Å². The fourth-order valence-electron chi connectivity index (χ4n) is 9.36. The Kier molecular flexibility index (Phi) is 8.97. The molecule has 1 N–H and O–H groups in total. The summed E-state index contributed by atoms with van der Waals surface area (Å²) >= 11 is 0. The average molecular weight is 820 g/mol. The molecule has 0 amide bonds. The van der Waals surface area contributed by atoms with E-state index < -0.39 is 0 Å². The van der Waals surface area contributed by atoms with Crippen molar-refractivity contribution in [1.29, 1.82) is 0 Å². The molecule has 0 aliphatic carbocycles. The Hall–Kier alpha value is -8.54. The molecule has 0 bridgehead atoms. The molecule has 64 heavy (non-hydrogen) atoms. The molecular weight excluding hydrogens is 779 g/mol. The standard InChI is InChI=1S/C59H41N5/c1-39-14-8-11-21-52(39)62-54-30-24-43(53-29-25-44(37-60-53)42-27-31-57-50(35-42)47-19-9-12-22-55(47)63(57)46-17-6-3-7-18-46)36-49(54)45-28-33-59(61-38-45)64-56-23-13-10-20-48(56)51-34-41(26-32-58(51)64)40-15-4-2-5-16-40/h2-38,62H,1H3. The minimum absolute atomic E-state index is 0.868. The Morgan fingerprint density at radius 2 is 0.922 bits per heavy atom. The molecule has 0 fully saturated rings. The Morgan fingerprint density at radius 1 is 0.359 bits per heavy atom. The van der Waals surface area contributed by atoms with Crippen molar-refractivity contribution in [3.05, 3.63) is 230 Å². The minimum Gasteiger partial charge on any atom is -0.355 e. The van der Waals surface area contributed by atoms with Gasteiger partial charge in [-0.25, -0.2) is 4.98 Å². The second-order valence-corrected chi connectivity index (χ2v) is 16.4. The molecule has 12 rings (SSSR count). The zero-order valence-corrected chi connectivity index (χ0v) is 35.2. The summed E-state index contributed by atoms with van der Waals surface area (Å²) in [4.78, 5) is 10.2. The third-order valence-corrected chi connectivity index (χ3v) is 12.6. The van der Waals surface area contributed by atoms with E-state index in [1.54, 1.807) is 0 Å². The molecular formula is C59H41N5. The van der Waals surface area contributed by atoms with E-state index in [-0.39, 0.29) is 0 Å². The quantitative estimate of drug-likeness (QED) is 0.166. The smallest absolute Gasteiger partial charge is 0.137 e. The molecule has 4 aromatic heterocycles. The second kappa shape index (κ2) is 15.4. The van der Waals surface area contributed by atoms with Gasteiger partial charge in [-0.1, -0.05) is 127 Å². The third kappa shape index (κ3) is 6.41. The topological polar surface area (TPSA) is 47.7 Å². The van der Waals surface area contributed by atoms with Crippen molar-refractivity contribution in [1.82, 2.24) is 19.1 Å². The molecule has 0 radical (unpaired) electrons. The first-order valence-corrected chi connectivity index (χ1v) is 21.7. The lowest BCUT2D eigenvalue weighted by atomic mass is 9.99. The Labute approximate surface area is 371 Å². The molecule has 0 aliphatic rings. The van der Waals surface area contributed by atoms with E-state index in [0.29, 0.717) is 0 Å². The van der Waals surface area contributed by atoms with Gasteiger partial charge in [0, 0.05) is 73.3 Å². The molecule has 12 aromatic rings. The fraction of sp³-hybridized carbons (Fsp3) is 0.0169. The summed E-state index contributed by atoms with van der Waals surface area (Å²) in [5.74, 6) is 0.868. The lowest BCUT2D eigenvalue weighted by Gasteiger charge is -2.16. The lowest BCUT2D eigenvalue weighted by Crippen LogP contribution is -1.99. The van der Waals surface area contributed by atoms with Crippen LogP contribution in [0.2, 0.25) is 0 Å². The van der Waals surface area contributed by atoms with Gasteiger partial charge < -0.3 is 9.88 Å². The number of anilines is 2. The number of hydrogen-bond acceptors (Lipinski definition) is 3. The van der Waals surface area contributed by atoms with Crippen LogP contribution in [0, 0.1) is 6.92 Å². The van der Waals surface area contributed by atoms with Crippen molar-refractivity contribution in [2.45, 2.75) is 6.92 Å². The molecule has 0 unspecified atom stereocenters. The predicted octanol–water partition coefficient (Wildman–Crippen LogP) is 15.4. The van der Waals surface area contributed by atoms with Gasteiger partial charge in [-0.2, -0.15) is 0 Å². The number of fused-ring (bicyclic) bond motifs is 6. The zero-order valence-electron chi connectivity index (χ0n) is 35.2. The summed E-state index contributed by atoms with van der Waals surface area (Å²) in [5.41, 5.74) is 17.6. The maximum absolute atomic E-state index is 5.17. The van der Waals surface area contributed by atoms with E-state index in [0.717, 1.165) is 67.4 Å². The summed E-state index contributed by atoms with van der Waals surface area (Å²) in [6.45, 7) is 2.13. The fourth-order valence-corrected chi connectivity index (χ4v) is 9.36. The van der Waals surface area contributed by atoms with Crippen LogP contribution in [0.15, 0.2) is 225 Å². The van der Waals surface area contributed by atoms with Gasteiger partial charge in [0.2, 0.25) is 0 Å². The van der Waals surface area contributed by atoms with Gasteiger partial charge in [-0.3, -0.25) is 9.55 Å². The van der Waals surface area contributed by atoms with Crippen molar-refractivity contribution < 1.29 is 0 Å². The Morgan fingerprint density at radius 3 is 1.61 bits per heavy atom. The van der Waals surface area contributed by atoms with Crippen LogP contribution in [0.5, 0.6) is 0 Å². The van der Waals surface area contributed by atoms with Gasteiger partial charge in [-0.15, -0.1) is 0 Å². The largest absolute Gasteiger partial charge is 0.355 e. The predicted molar refractivity (Wildman–Crippen MR) is 267 cm³/mol. The highest BCUT2D eigenvalue weighted by molar-refractivity contribution is 6.11.